The number of aromatic nitrogens is 2. The van der Waals surface area contributed by atoms with Gasteiger partial charge in [-0.1, -0.05) is 18.2 Å². The highest BCUT2D eigenvalue weighted by Gasteiger charge is 2.31. The number of nitrogens with one attached hydrogen (secondary N) is 1. The van der Waals surface area contributed by atoms with Crippen LogP contribution in [-0.4, -0.2) is 39.8 Å². The molecule has 0 atom stereocenters. The van der Waals surface area contributed by atoms with Crippen molar-refractivity contribution in [3.63, 3.8) is 0 Å². The van der Waals surface area contributed by atoms with E-state index in [-0.39, 0.29) is 5.56 Å². The van der Waals surface area contributed by atoms with E-state index < -0.39 is 5.60 Å². The molecule has 41 heavy (non-hydrogen) atoms. The molecule has 6 rings (SSSR count). The summed E-state index contributed by atoms with van der Waals surface area (Å²) in [5.74, 6) is 3.07. The molecule has 2 saturated heterocycles. The number of fused-ring (bicyclic) bond motifs is 1. The lowest BCUT2D eigenvalue weighted by Crippen LogP contribution is -2.48. The quantitative estimate of drug-likeness (QED) is 0.202. The van der Waals surface area contributed by atoms with Crippen molar-refractivity contribution in [2.75, 3.05) is 31.1 Å². The van der Waals surface area contributed by atoms with Crippen molar-refractivity contribution in [3.8, 4) is 22.6 Å². The van der Waals surface area contributed by atoms with Crippen molar-refractivity contribution in [2.24, 2.45) is 18.9 Å². The molecule has 0 radical (unpaired) electrons. The van der Waals surface area contributed by atoms with Gasteiger partial charge < -0.3 is 24.6 Å². The number of aryl methyl sites for hydroxylation is 1. The van der Waals surface area contributed by atoms with Gasteiger partial charge in [0.1, 0.15) is 11.3 Å². The Morgan fingerprint density at radius 2 is 1.80 bits per heavy atom. The van der Waals surface area contributed by atoms with Gasteiger partial charge in [0.15, 0.2) is 5.75 Å². The molecule has 4 heterocycles. The molecule has 0 saturated carbocycles. The molecule has 4 aromatic rings. The van der Waals surface area contributed by atoms with Crippen molar-refractivity contribution < 1.29 is 9.84 Å². The first-order chi connectivity index (χ1) is 19.7. The molecule has 0 unspecified atom stereocenters. The van der Waals surface area contributed by atoms with E-state index in [2.05, 4.69) is 43.6 Å². The normalized spacial score (nSPS) is 16.8. The van der Waals surface area contributed by atoms with Crippen LogP contribution in [0.25, 0.3) is 22.0 Å². The van der Waals surface area contributed by atoms with Gasteiger partial charge >= 0.3 is 0 Å². The van der Waals surface area contributed by atoms with Crippen molar-refractivity contribution in [3.05, 3.63) is 76.8 Å². The van der Waals surface area contributed by atoms with Crippen LogP contribution < -0.4 is 20.5 Å². The lowest BCUT2D eigenvalue weighted by Gasteiger charge is -2.43. The Balaban J connectivity index is 1.35. The van der Waals surface area contributed by atoms with Gasteiger partial charge in [0.05, 0.1) is 11.3 Å². The van der Waals surface area contributed by atoms with Gasteiger partial charge in [0.25, 0.3) is 5.56 Å². The standard InChI is InChI=1S/C32H37IN4O3S/c1-32(2,39)23-8-9-28(25(17-23)26-20-35(3)31(38)30-24(26)12-15-37(30)41-33)40-29-7-5-4-6-27(29)36-18-22(19-36)16-21-10-13-34-14-11-21/h4-9,12,15,17,20-22,34,39H,10-11,13-14,16,18-19H2,1-3H3. The van der Waals surface area contributed by atoms with Crippen LogP contribution in [0.2, 0.25) is 0 Å². The number of rotatable bonds is 8. The molecular formula is C32H37IN4O3S. The highest BCUT2D eigenvalue weighted by molar-refractivity contribution is 14.2. The van der Waals surface area contributed by atoms with E-state index in [4.69, 9.17) is 4.74 Å². The smallest absolute Gasteiger partial charge is 0.275 e. The number of nitrogens with zero attached hydrogens (tertiary/aromatic N) is 3. The lowest BCUT2D eigenvalue weighted by molar-refractivity contribution is 0.0786. The minimum Gasteiger partial charge on any atom is -0.455 e. The monoisotopic (exact) mass is 684 g/mol. The van der Waals surface area contributed by atoms with Gasteiger partial charge in [-0.3, -0.25) is 8.77 Å². The highest BCUT2D eigenvalue weighted by atomic mass is 127. The molecule has 0 spiro atoms. The first-order valence-electron chi connectivity index (χ1n) is 14.3. The second kappa shape index (κ2) is 11.7. The molecule has 2 aromatic carbocycles. The van der Waals surface area contributed by atoms with E-state index in [0.717, 1.165) is 71.5 Å². The maximum atomic E-state index is 13.1. The lowest BCUT2D eigenvalue weighted by atomic mass is 9.84. The van der Waals surface area contributed by atoms with E-state index in [1.807, 2.05) is 52.8 Å². The number of ether oxygens (including phenoxy) is 1. The SMILES string of the molecule is Cn1cc(-c2cc(C(C)(C)O)ccc2Oc2ccccc2N2CC(CC3CCNCC3)C2)c2ccn(SI)c2c1=O. The Hall–Kier alpha value is -2.47. The number of piperidine rings is 1. The Kier molecular flexibility index (Phi) is 8.15. The second-order valence-electron chi connectivity index (χ2n) is 12.0. The van der Waals surface area contributed by atoms with Gasteiger partial charge in [0.2, 0.25) is 0 Å². The Morgan fingerprint density at radius 1 is 1.05 bits per heavy atom. The largest absolute Gasteiger partial charge is 0.455 e. The van der Waals surface area contributed by atoms with Crippen molar-refractivity contribution in [1.29, 1.82) is 0 Å². The third-order valence-corrected chi connectivity index (χ3v) is 10.3. The Morgan fingerprint density at radius 3 is 2.54 bits per heavy atom. The predicted molar refractivity (Wildman–Crippen MR) is 177 cm³/mol. The molecule has 7 nitrogen and oxygen atoms in total. The van der Waals surface area contributed by atoms with Crippen molar-refractivity contribution in [2.45, 2.75) is 38.7 Å². The van der Waals surface area contributed by atoms with Crippen LogP contribution in [-0.2, 0) is 12.6 Å². The summed E-state index contributed by atoms with van der Waals surface area (Å²) in [5, 5.41) is 15.2. The molecule has 0 aliphatic carbocycles. The molecule has 9 heteroatoms. The third kappa shape index (κ3) is 5.78. The molecule has 2 aliphatic rings. The number of aliphatic hydroxyl groups is 1. The van der Waals surface area contributed by atoms with Gasteiger partial charge in [-0.2, -0.15) is 0 Å². The van der Waals surface area contributed by atoms with Crippen LogP contribution in [0.3, 0.4) is 0 Å². The Bertz CT molecular complexity index is 1610. The van der Waals surface area contributed by atoms with E-state index in [0.29, 0.717) is 11.3 Å². The van der Waals surface area contributed by atoms with Crippen LogP contribution in [0, 0.1) is 11.8 Å². The maximum absolute atomic E-state index is 13.1. The number of benzene rings is 2. The van der Waals surface area contributed by atoms with Crippen molar-refractivity contribution in [1.82, 2.24) is 13.9 Å². The molecular weight excluding hydrogens is 647 g/mol. The number of halogens is 1. The predicted octanol–water partition coefficient (Wildman–Crippen LogP) is 6.70. The average Bonchev–Trinajstić information content (AvgIpc) is 3.38. The summed E-state index contributed by atoms with van der Waals surface area (Å²) in [6, 6.07) is 16.1. The molecule has 216 valence electrons. The van der Waals surface area contributed by atoms with Gasteiger partial charge in [-0.25, -0.2) is 0 Å². The fourth-order valence-corrected chi connectivity index (χ4v) is 7.58. The highest BCUT2D eigenvalue weighted by Crippen LogP contribution is 2.43. The topological polar surface area (TPSA) is 71.7 Å². The summed E-state index contributed by atoms with van der Waals surface area (Å²) < 4.78 is 10.2. The fourth-order valence-electron chi connectivity index (χ4n) is 6.24. The summed E-state index contributed by atoms with van der Waals surface area (Å²) in [6.45, 7) is 7.97. The number of anilines is 1. The van der Waals surface area contributed by atoms with E-state index >= 15 is 0 Å². The Labute approximate surface area is 257 Å². The van der Waals surface area contributed by atoms with E-state index in [1.54, 1.807) is 25.5 Å². The zero-order chi connectivity index (χ0) is 28.7. The third-order valence-electron chi connectivity index (χ3n) is 8.55. The maximum Gasteiger partial charge on any atom is 0.275 e. The molecule has 2 fully saturated rings. The second-order valence-corrected chi connectivity index (χ2v) is 13.7. The van der Waals surface area contributed by atoms with Gasteiger partial charge in [-0.15, -0.1) is 0 Å². The minimum absolute atomic E-state index is 0.0544. The molecule has 0 amide bonds. The summed E-state index contributed by atoms with van der Waals surface area (Å²) in [6.07, 6.45) is 7.68. The fraction of sp³-hybridized carbons (Fsp3) is 0.406. The zero-order valence-corrected chi connectivity index (χ0v) is 26.7. The summed E-state index contributed by atoms with van der Waals surface area (Å²) in [7, 11) is 3.24. The van der Waals surface area contributed by atoms with Crippen LogP contribution >= 0.6 is 30.3 Å². The summed E-state index contributed by atoms with van der Waals surface area (Å²) in [5.41, 5.74) is 3.15. The van der Waals surface area contributed by atoms with Gasteiger partial charge in [-0.05, 0) is 93.9 Å². The first-order valence-corrected chi connectivity index (χ1v) is 17.6. The van der Waals surface area contributed by atoms with Crippen LogP contribution in [0.5, 0.6) is 11.5 Å². The number of hydrogen-bond acceptors (Lipinski definition) is 6. The number of para-hydroxylation sites is 2. The van der Waals surface area contributed by atoms with Crippen LogP contribution in [0.15, 0.2) is 65.7 Å². The number of hydrogen-bond donors (Lipinski definition) is 2. The molecule has 0 bridgehead atoms. The molecule has 2 aliphatic heterocycles. The van der Waals surface area contributed by atoms with E-state index in [1.165, 1.54) is 28.4 Å². The zero-order valence-electron chi connectivity index (χ0n) is 23.8. The average molecular weight is 685 g/mol. The summed E-state index contributed by atoms with van der Waals surface area (Å²) in [4.78, 5) is 15.5. The van der Waals surface area contributed by atoms with E-state index in [9.17, 15) is 9.90 Å². The summed E-state index contributed by atoms with van der Waals surface area (Å²) >= 11 is 2.19. The van der Waals surface area contributed by atoms with Crippen LogP contribution in [0.1, 0.15) is 38.7 Å². The molecule has 2 N–H and O–H groups in total. The van der Waals surface area contributed by atoms with Crippen LogP contribution in [0.4, 0.5) is 5.69 Å². The van der Waals surface area contributed by atoms with Gasteiger partial charge in [0, 0.05) is 79.4 Å². The van der Waals surface area contributed by atoms with Crippen molar-refractivity contribution >= 4 is 46.9 Å². The first kappa shape index (κ1) is 28.6. The number of pyridine rings is 1. The minimum atomic E-state index is -1.03. The molecule has 2 aromatic heterocycles.